The molecule has 6 aliphatic rings. The van der Waals surface area contributed by atoms with Crippen molar-refractivity contribution in [3.8, 4) is 6.07 Å². The molecule has 5 N–H and O–H groups in total. The lowest BCUT2D eigenvalue weighted by molar-refractivity contribution is -0.551. The molecule has 252 valence electrons. The number of hydrogen-bond acceptors (Lipinski definition) is 11. The highest BCUT2D eigenvalue weighted by Crippen LogP contribution is 2.71. The largest absolute Gasteiger partial charge is 0.444 e. The van der Waals surface area contributed by atoms with Gasteiger partial charge in [0.1, 0.15) is 17.5 Å². The summed E-state index contributed by atoms with van der Waals surface area (Å²) in [7, 11) is 1.46. The van der Waals surface area contributed by atoms with Gasteiger partial charge >= 0.3 is 6.09 Å². The highest BCUT2D eigenvalue weighted by atomic mass is 35.5. The number of aliphatic imine (C=N–C) groups is 1. The smallest absolute Gasteiger partial charge is 0.413 e. The van der Waals surface area contributed by atoms with Crippen LogP contribution in [-0.4, -0.2) is 91.3 Å². The monoisotopic (exact) mass is 662 g/mol. The minimum atomic E-state index is -2.91. The van der Waals surface area contributed by atoms with Crippen LogP contribution < -0.4 is 5.32 Å². The first kappa shape index (κ1) is 34.5. The number of ether oxygens (including phenoxy) is 4. The standard InChI is InChI=1S/C32H43ClN4O9/c1-8-17(2)15-35-26(36-21-10-9-19(14-34)13-20(21)33)22(43-7)18(3)44-23-24-29-11-12-30(39,37(29)27(38)45-28(4,5)6)25(23)31(40,16-29)46-32(24,41)42/h9-10,13,15,18,22-25,39-42H,8,11-12,16H2,1-7H3,(H,35,36). The zero-order valence-electron chi connectivity index (χ0n) is 27.1. The van der Waals surface area contributed by atoms with E-state index in [0.717, 1.165) is 16.9 Å². The highest BCUT2D eigenvalue weighted by molar-refractivity contribution is 6.34. The van der Waals surface area contributed by atoms with Gasteiger partial charge < -0.3 is 40.0 Å². The van der Waals surface area contributed by atoms with E-state index in [-0.39, 0.29) is 24.3 Å². The molecule has 1 aromatic rings. The number of benzene rings is 1. The van der Waals surface area contributed by atoms with E-state index in [1.54, 1.807) is 46.0 Å². The number of hydrogen-bond donors (Lipinski definition) is 5. The number of nitriles is 1. The SMILES string of the molecule is CCC(C)=CN=C(Nc1ccc(C#N)cc1Cl)C(OC)C(C)OC1C2C3(O)CC4(CCC2(O)N4C(=O)OC(C)(C)C)C1C(O)(O)O3. The summed E-state index contributed by atoms with van der Waals surface area (Å²) in [6.07, 6.45) is -1.39. The summed E-state index contributed by atoms with van der Waals surface area (Å²) in [5, 5.41) is 59.1. The van der Waals surface area contributed by atoms with Gasteiger partial charge in [0, 0.05) is 19.7 Å². The summed E-state index contributed by atoms with van der Waals surface area (Å²) >= 11 is 6.47. The van der Waals surface area contributed by atoms with Crippen molar-refractivity contribution in [2.45, 2.75) is 114 Å². The fourth-order valence-corrected chi connectivity index (χ4v) is 7.94. The average molecular weight is 663 g/mol. The van der Waals surface area contributed by atoms with Crippen molar-refractivity contribution >= 4 is 29.2 Å². The number of anilines is 1. The maximum Gasteiger partial charge on any atom is 0.413 e. The number of aliphatic hydroxyl groups is 4. The second-order valence-corrected chi connectivity index (χ2v) is 14.2. The Kier molecular flexibility index (Phi) is 8.79. The van der Waals surface area contributed by atoms with Gasteiger partial charge in [-0.05, 0) is 72.1 Å². The van der Waals surface area contributed by atoms with Crippen LogP contribution >= 0.6 is 11.6 Å². The van der Waals surface area contributed by atoms with Gasteiger partial charge in [-0.3, -0.25) is 9.64 Å². The first-order valence-electron chi connectivity index (χ1n) is 15.4. The number of amidine groups is 1. The van der Waals surface area contributed by atoms with Gasteiger partial charge in [-0.15, -0.1) is 0 Å². The number of halogens is 1. The van der Waals surface area contributed by atoms with Crippen LogP contribution in [0.3, 0.4) is 0 Å². The van der Waals surface area contributed by atoms with Crippen molar-refractivity contribution in [2.75, 3.05) is 12.4 Å². The maximum atomic E-state index is 13.6. The number of amides is 1. The third-order valence-corrected chi connectivity index (χ3v) is 9.82. The minimum Gasteiger partial charge on any atom is -0.444 e. The topological polar surface area (TPSA) is 186 Å². The van der Waals surface area contributed by atoms with Gasteiger partial charge in [-0.25, -0.2) is 9.79 Å². The third kappa shape index (κ3) is 5.58. The number of nitrogens with one attached hydrogen (secondary N) is 1. The molecule has 5 saturated heterocycles. The van der Waals surface area contributed by atoms with Gasteiger partial charge in [0.25, 0.3) is 5.97 Å². The van der Waals surface area contributed by atoms with Crippen molar-refractivity contribution in [3.63, 3.8) is 0 Å². The number of allylic oxidation sites excluding steroid dienone is 1. The normalized spacial score (nSPS) is 34.3. The summed E-state index contributed by atoms with van der Waals surface area (Å²) in [6.45, 7) is 10.7. The second kappa shape index (κ2) is 11.7. The molecule has 5 aliphatic heterocycles. The minimum absolute atomic E-state index is 0.0314. The second-order valence-electron chi connectivity index (χ2n) is 13.8. The van der Waals surface area contributed by atoms with Gasteiger partial charge in [0.15, 0.2) is 11.5 Å². The van der Waals surface area contributed by atoms with Crippen molar-refractivity contribution in [1.29, 1.82) is 5.26 Å². The van der Waals surface area contributed by atoms with Gasteiger partial charge in [-0.1, -0.05) is 24.1 Å². The first-order chi connectivity index (χ1) is 21.4. The summed E-state index contributed by atoms with van der Waals surface area (Å²) in [6, 6.07) is 6.80. The average Bonchev–Trinajstić information content (AvgIpc) is 3.10. The fourth-order valence-electron chi connectivity index (χ4n) is 7.71. The maximum absolute atomic E-state index is 13.6. The van der Waals surface area contributed by atoms with E-state index in [2.05, 4.69) is 10.3 Å². The molecule has 1 aromatic carbocycles. The molecule has 0 aromatic heterocycles. The van der Waals surface area contributed by atoms with Crippen LogP contribution in [0.1, 0.15) is 72.8 Å². The van der Waals surface area contributed by atoms with Crippen LogP contribution in [0.5, 0.6) is 0 Å². The summed E-state index contributed by atoms with van der Waals surface area (Å²) in [5.41, 5.74) is -2.52. The molecule has 1 saturated carbocycles. The van der Waals surface area contributed by atoms with Crippen LogP contribution in [0.15, 0.2) is 35.0 Å². The number of carbonyl (C=O) groups is 1. The predicted octanol–water partition coefficient (Wildman–Crippen LogP) is 3.59. The molecule has 6 fully saturated rings. The molecule has 1 spiro atoms. The van der Waals surface area contributed by atoms with E-state index in [1.807, 2.05) is 19.9 Å². The molecule has 8 atom stereocenters. The third-order valence-electron chi connectivity index (χ3n) is 9.51. The molecule has 5 bridgehead atoms. The van der Waals surface area contributed by atoms with E-state index < -0.39 is 64.9 Å². The molecule has 0 radical (unpaired) electrons. The number of fused-ring (bicyclic) bond motifs is 1. The lowest BCUT2D eigenvalue weighted by atomic mass is 9.55. The molecule has 8 unspecified atom stereocenters. The van der Waals surface area contributed by atoms with Gasteiger partial charge in [0.2, 0.25) is 0 Å². The number of nitrogens with zero attached hydrogens (tertiary/aromatic N) is 3. The molecule has 1 amide bonds. The molecule has 7 rings (SSSR count). The van der Waals surface area contributed by atoms with Crippen LogP contribution in [0, 0.1) is 23.2 Å². The van der Waals surface area contributed by atoms with Crippen molar-refractivity contribution < 1.29 is 44.2 Å². The highest BCUT2D eigenvalue weighted by Gasteiger charge is 2.87. The molecule has 5 heterocycles. The quantitative estimate of drug-likeness (QED) is 0.156. The lowest BCUT2D eigenvalue weighted by Gasteiger charge is -2.72. The molecular weight excluding hydrogens is 620 g/mol. The van der Waals surface area contributed by atoms with Gasteiger partial charge in [0.05, 0.1) is 51.9 Å². The number of rotatable bonds is 8. The van der Waals surface area contributed by atoms with E-state index in [0.29, 0.717) is 17.1 Å². The van der Waals surface area contributed by atoms with Crippen LogP contribution in [-0.2, 0) is 18.9 Å². The summed E-state index contributed by atoms with van der Waals surface area (Å²) in [4.78, 5) is 19.4. The van der Waals surface area contributed by atoms with E-state index in [1.165, 1.54) is 13.2 Å². The summed E-state index contributed by atoms with van der Waals surface area (Å²) < 4.78 is 23.5. The predicted molar refractivity (Wildman–Crippen MR) is 166 cm³/mol. The Bertz CT molecular complexity index is 1490. The molecule has 46 heavy (non-hydrogen) atoms. The van der Waals surface area contributed by atoms with Crippen molar-refractivity contribution in [3.05, 3.63) is 40.6 Å². The van der Waals surface area contributed by atoms with E-state index >= 15 is 0 Å². The molecule has 13 nitrogen and oxygen atoms in total. The lowest BCUT2D eigenvalue weighted by Crippen LogP contribution is -2.89. The Balaban J connectivity index is 1.51. The summed E-state index contributed by atoms with van der Waals surface area (Å²) in [5.74, 6) is -7.43. The van der Waals surface area contributed by atoms with Crippen LogP contribution in [0.25, 0.3) is 0 Å². The van der Waals surface area contributed by atoms with Crippen LogP contribution in [0.4, 0.5) is 10.5 Å². The first-order valence-corrected chi connectivity index (χ1v) is 15.7. The van der Waals surface area contributed by atoms with Crippen LogP contribution in [0.2, 0.25) is 5.02 Å². The Morgan fingerprint density at radius 2 is 1.98 bits per heavy atom. The zero-order valence-corrected chi connectivity index (χ0v) is 27.8. The molecular formula is C32H43ClN4O9. The zero-order chi connectivity index (χ0) is 34.0. The van der Waals surface area contributed by atoms with E-state index in [9.17, 15) is 30.5 Å². The number of piperidine rings is 2. The number of methoxy groups -OCH3 is 1. The van der Waals surface area contributed by atoms with E-state index in [4.69, 9.17) is 30.5 Å². The fraction of sp³-hybridized carbons (Fsp3) is 0.656. The molecule has 14 heteroatoms. The Hall–Kier alpha value is -2.80. The van der Waals surface area contributed by atoms with Crippen molar-refractivity contribution in [2.24, 2.45) is 16.8 Å². The number of carbonyl (C=O) groups excluding carboxylic acids is 1. The Labute approximate surface area is 273 Å². The molecule has 1 aliphatic carbocycles. The Morgan fingerprint density at radius 1 is 1.28 bits per heavy atom. The van der Waals surface area contributed by atoms with Gasteiger partial charge in [-0.2, -0.15) is 5.26 Å². The van der Waals surface area contributed by atoms with Crippen molar-refractivity contribution in [1.82, 2.24) is 4.90 Å². The Morgan fingerprint density at radius 3 is 2.57 bits per heavy atom.